The van der Waals surface area contributed by atoms with Crippen LogP contribution in [0.5, 0.6) is 0 Å². The first-order valence-electron chi connectivity index (χ1n) is 7.19. The van der Waals surface area contributed by atoms with Crippen LogP contribution >= 0.6 is 11.8 Å². The van der Waals surface area contributed by atoms with Crippen LogP contribution in [0, 0.1) is 6.92 Å². The lowest BCUT2D eigenvalue weighted by Gasteiger charge is -2.15. The molecule has 1 aliphatic rings. The molecule has 2 unspecified atom stereocenters. The topological polar surface area (TPSA) is 49.8 Å². The maximum atomic E-state index is 4.48. The highest BCUT2D eigenvalue weighted by Gasteiger charge is 2.24. The molecule has 1 aromatic rings. The SMILES string of the molecule is CCNc1cc(NC2CCC(SCC)C2)nc(C)n1. The van der Waals surface area contributed by atoms with Crippen LogP contribution in [0.1, 0.15) is 38.9 Å². The standard InChI is InChI=1S/C14H24N4S/c1-4-15-13-9-14(17-10(3)16-13)18-11-6-7-12(8-11)19-5-2/h9,11-12H,4-8H2,1-3H3,(H2,15,16,17,18). The number of aryl methyl sites for hydroxylation is 1. The van der Waals surface area contributed by atoms with E-state index in [4.69, 9.17) is 0 Å². The van der Waals surface area contributed by atoms with Gasteiger partial charge in [-0.25, -0.2) is 9.97 Å². The molecule has 0 amide bonds. The summed E-state index contributed by atoms with van der Waals surface area (Å²) in [6.45, 7) is 7.14. The van der Waals surface area contributed by atoms with Gasteiger partial charge in [0.05, 0.1) is 0 Å². The predicted molar refractivity (Wildman–Crippen MR) is 84.1 cm³/mol. The van der Waals surface area contributed by atoms with E-state index < -0.39 is 0 Å². The molecule has 1 heterocycles. The number of rotatable bonds is 6. The van der Waals surface area contributed by atoms with Gasteiger partial charge in [0.25, 0.3) is 0 Å². The van der Waals surface area contributed by atoms with E-state index in [-0.39, 0.29) is 0 Å². The predicted octanol–water partition coefficient (Wildman–Crippen LogP) is 3.30. The molecule has 1 aromatic heterocycles. The second kappa shape index (κ2) is 6.98. The van der Waals surface area contributed by atoms with E-state index in [9.17, 15) is 0 Å². The largest absolute Gasteiger partial charge is 0.370 e. The Balaban J connectivity index is 1.95. The summed E-state index contributed by atoms with van der Waals surface area (Å²) in [5.74, 6) is 3.90. The van der Waals surface area contributed by atoms with E-state index in [1.807, 2.05) is 13.0 Å². The van der Waals surface area contributed by atoms with Crippen LogP contribution in [0.25, 0.3) is 0 Å². The Morgan fingerprint density at radius 1 is 1.26 bits per heavy atom. The number of nitrogens with zero attached hydrogens (tertiary/aromatic N) is 2. The van der Waals surface area contributed by atoms with Crippen molar-refractivity contribution >= 4 is 23.4 Å². The van der Waals surface area contributed by atoms with Crippen molar-refractivity contribution in [2.24, 2.45) is 0 Å². The zero-order valence-corrected chi connectivity index (χ0v) is 12.9. The lowest BCUT2D eigenvalue weighted by molar-refractivity contribution is 0.750. The van der Waals surface area contributed by atoms with Gasteiger partial charge in [0.2, 0.25) is 0 Å². The molecule has 1 fully saturated rings. The van der Waals surface area contributed by atoms with Crippen molar-refractivity contribution in [3.05, 3.63) is 11.9 Å². The summed E-state index contributed by atoms with van der Waals surface area (Å²) < 4.78 is 0. The summed E-state index contributed by atoms with van der Waals surface area (Å²) >= 11 is 2.08. The van der Waals surface area contributed by atoms with Crippen LogP contribution < -0.4 is 10.6 Å². The van der Waals surface area contributed by atoms with Crippen LogP contribution in [0.15, 0.2) is 6.07 Å². The van der Waals surface area contributed by atoms with Gasteiger partial charge in [0, 0.05) is 23.9 Å². The first-order chi connectivity index (χ1) is 9.21. The van der Waals surface area contributed by atoms with Gasteiger partial charge in [-0.15, -0.1) is 0 Å². The summed E-state index contributed by atoms with van der Waals surface area (Å²) in [4.78, 5) is 8.86. The highest BCUT2D eigenvalue weighted by molar-refractivity contribution is 7.99. The molecule has 0 saturated heterocycles. The lowest BCUT2D eigenvalue weighted by atomic mass is 10.2. The van der Waals surface area contributed by atoms with Crippen molar-refractivity contribution in [3.63, 3.8) is 0 Å². The smallest absolute Gasteiger partial charge is 0.132 e. The van der Waals surface area contributed by atoms with Crippen molar-refractivity contribution in [2.45, 2.75) is 51.3 Å². The maximum Gasteiger partial charge on any atom is 0.132 e. The summed E-state index contributed by atoms with van der Waals surface area (Å²) in [5, 5.41) is 7.63. The molecule has 1 saturated carbocycles. The molecule has 1 aliphatic carbocycles. The number of nitrogens with one attached hydrogen (secondary N) is 2. The number of aromatic nitrogens is 2. The average molecular weight is 280 g/mol. The molecular formula is C14H24N4S. The van der Waals surface area contributed by atoms with Crippen molar-refractivity contribution in [1.29, 1.82) is 0 Å². The Labute approximate surface area is 120 Å². The third-order valence-electron chi connectivity index (χ3n) is 3.33. The summed E-state index contributed by atoms with van der Waals surface area (Å²) in [5.41, 5.74) is 0. The van der Waals surface area contributed by atoms with Crippen molar-refractivity contribution in [3.8, 4) is 0 Å². The number of hydrogen-bond acceptors (Lipinski definition) is 5. The summed E-state index contributed by atoms with van der Waals surface area (Å²) in [7, 11) is 0. The fraction of sp³-hybridized carbons (Fsp3) is 0.714. The maximum absolute atomic E-state index is 4.48. The third-order valence-corrected chi connectivity index (χ3v) is 4.57. The van der Waals surface area contributed by atoms with Crippen LogP contribution in [-0.4, -0.2) is 33.6 Å². The molecule has 5 heteroatoms. The van der Waals surface area contributed by atoms with E-state index in [0.29, 0.717) is 6.04 Å². The fourth-order valence-electron chi connectivity index (χ4n) is 2.58. The minimum atomic E-state index is 0.563. The Hall–Kier alpha value is -0.970. The molecule has 4 nitrogen and oxygen atoms in total. The van der Waals surface area contributed by atoms with Crippen molar-refractivity contribution in [1.82, 2.24) is 9.97 Å². The average Bonchev–Trinajstić information content (AvgIpc) is 2.76. The van der Waals surface area contributed by atoms with Crippen LogP contribution in [0.3, 0.4) is 0 Å². The van der Waals surface area contributed by atoms with E-state index in [1.165, 1.54) is 25.0 Å². The van der Waals surface area contributed by atoms with E-state index in [2.05, 4.69) is 46.2 Å². The second-order valence-corrected chi connectivity index (χ2v) is 6.52. The van der Waals surface area contributed by atoms with Gasteiger partial charge < -0.3 is 10.6 Å². The van der Waals surface area contributed by atoms with Gasteiger partial charge in [-0.2, -0.15) is 11.8 Å². The zero-order valence-electron chi connectivity index (χ0n) is 12.1. The third kappa shape index (κ3) is 4.27. The van der Waals surface area contributed by atoms with E-state index >= 15 is 0 Å². The summed E-state index contributed by atoms with van der Waals surface area (Å²) in [6.07, 6.45) is 3.82. The van der Waals surface area contributed by atoms with Crippen molar-refractivity contribution < 1.29 is 0 Å². The zero-order chi connectivity index (χ0) is 13.7. The number of thioether (sulfide) groups is 1. The van der Waals surface area contributed by atoms with E-state index in [0.717, 1.165) is 29.3 Å². The molecular weight excluding hydrogens is 256 g/mol. The molecule has 0 spiro atoms. The molecule has 0 bridgehead atoms. The van der Waals surface area contributed by atoms with Crippen LogP contribution in [-0.2, 0) is 0 Å². The number of anilines is 2. The first-order valence-corrected chi connectivity index (χ1v) is 8.23. The van der Waals surface area contributed by atoms with Gasteiger partial charge >= 0.3 is 0 Å². The number of hydrogen-bond donors (Lipinski definition) is 2. The molecule has 2 rings (SSSR count). The summed E-state index contributed by atoms with van der Waals surface area (Å²) in [6, 6.07) is 2.57. The molecule has 0 aliphatic heterocycles. The Kier molecular flexibility index (Phi) is 5.31. The molecule has 19 heavy (non-hydrogen) atoms. The quantitative estimate of drug-likeness (QED) is 0.837. The molecule has 0 radical (unpaired) electrons. The van der Waals surface area contributed by atoms with Gasteiger partial charge in [-0.05, 0) is 38.9 Å². The Bertz CT molecular complexity index is 410. The fourth-order valence-corrected chi connectivity index (χ4v) is 3.72. The Morgan fingerprint density at radius 2 is 2.05 bits per heavy atom. The van der Waals surface area contributed by atoms with Gasteiger partial charge in [-0.3, -0.25) is 0 Å². The molecule has 0 aromatic carbocycles. The molecule has 2 N–H and O–H groups in total. The normalized spacial score (nSPS) is 22.5. The minimum absolute atomic E-state index is 0.563. The molecule has 106 valence electrons. The Morgan fingerprint density at radius 3 is 2.79 bits per heavy atom. The first kappa shape index (κ1) is 14.4. The molecule has 2 atom stereocenters. The van der Waals surface area contributed by atoms with Crippen LogP contribution in [0.4, 0.5) is 11.6 Å². The van der Waals surface area contributed by atoms with Crippen molar-refractivity contribution in [2.75, 3.05) is 22.9 Å². The van der Waals surface area contributed by atoms with E-state index in [1.54, 1.807) is 0 Å². The highest BCUT2D eigenvalue weighted by Crippen LogP contribution is 2.31. The highest BCUT2D eigenvalue weighted by atomic mass is 32.2. The second-order valence-electron chi connectivity index (χ2n) is 4.95. The minimum Gasteiger partial charge on any atom is -0.370 e. The van der Waals surface area contributed by atoms with Crippen LogP contribution in [0.2, 0.25) is 0 Å². The van der Waals surface area contributed by atoms with Gasteiger partial charge in [0.1, 0.15) is 17.5 Å². The monoisotopic (exact) mass is 280 g/mol. The van der Waals surface area contributed by atoms with Gasteiger partial charge in [0.15, 0.2) is 0 Å². The lowest BCUT2D eigenvalue weighted by Crippen LogP contribution is -2.17. The van der Waals surface area contributed by atoms with Gasteiger partial charge in [-0.1, -0.05) is 6.92 Å².